The molecular formula is C26H27N3O7. The Kier molecular flexibility index (Phi) is 7.65. The summed E-state index contributed by atoms with van der Waals surface area (Å²) in [4.78, 5) is 39.6. The van der Waals surface area contributed by atoms with Crippen LogP contribution >= 0.6 is 0 Å². The molecule has 1 heterocycles. The molecule has 0 bridgehead atoms. The average Bonchev–Trinajstić information content (AvgIpc) is 2.91. The minimum Gasteiger partial charge on any atom is -0.497 e. The molecule has 3 aromatic rings. The first-order valence-corrected chi connectivity index (χ1v) is 11.4. The number of benzene rings is 3. The maximum atomic E-state index is 12.9. The number of nitro groups is 1. The van der Waals surface area contributed by atoms with Crippen molar-refractivity contribution >= 4 is 34.0 Å². The fourth-order valence-electron chi connectivity index (χ4n) is 4.06. The maximum absolute atomic E-state index is 12.9. The van der Waals surface area contributed by atoms with Crippen molar-refractivity contribution in [1.29, 1.82) is 0 Å². The lowest BCUT2D eigenvalue weighted by atomic mass is 10.1. The number of nitro benzene ring substituents is 1. The van der Waals surface area contributed by atoms with Crippen molar-refractivity contribution in [2.45, 2.75) is 6.54 Å². The molecule has 36 heavy (non-hydrogen) atoms. The van der Waals surface area contributed by atoms with E-state index in [9.17, 15) is 19.7 Å². The third-order valence-corrected chi connectivity index (χ3v) is 6.05. The van der Waals surface area contributed by atoms with Gasteiger partial charge in [-0.3, -0.25) is 14.9 Å². The summed E-state index contributed by atoms with van der Waals surface area (Å²) < 4.78 is 15.9. The van der Waals surface area contributed by atoms with Crippen LogP contribution in [0.4, 0.5) is 11.4 Å². The maximum Gasteiger partial charge on any atom is 0.341 e. The summed E-state index contributed by atoms with van der Waals surface area (Å²) in [6, 6.07) is 15.7. The lowest BCUT2D eigenvalue weighted by Crippen LogP contribution is -2.37. The zero-order chi connectivity index (χ0) is 25.7. The van der Waals surface area contributed by atoms with Crippen LogP contribution in [0.25, 0.3) is 10.8 Å². The van der Waals surface area contributed by atoms with Gasteiger partial charge in [0.05, 0.1) is 36.5 Å². The molecule has 0 aliphatic carbocycles. The van der Waals surface area contributed by atoms with Crippen molar-refractivity contribution < 1.29 is 28.7 Å². The Balaban J connectivity index is 1.42. The van der Waals surface area contributed by atoms with Gasteiger partial charge in [-0.2, -0.15) is 0 Å². The normalized spacial score (nSPS) is 13.3. The van der Waals surface area contributed by atoms with Gasteiger partial charge in [-0.05, 0) is 40.6 Å². The highest BCUT2D eigenvalue weighted by Crippen LogP contribution is 2.27. The quantitative estimate of drug-likeness (QED) is 0.267. The number of esters is 1. The van der Waals surface area contributed by atoms with E-state index >= 15 is 0 Å². The van der Waals surface area contributed by atoms with Crippen LogP contribution < -0.4 is 9.64 Å². The Labute approximate surface area is 208 Å². The number of morpholine rings is 1. The molecule has 1 aliphatic rings. The SMILES string of the molecule is COc1ccc2cc(CN(C)C(=O)COC(=O)c3cc([N+](=O)[O-])ccc3N3CCOCC3)ccc2c1. The van der Waals surface area contributed by atoms with Crippen LogP contribution in [0.15, 0.2) is 54.6 Å². The zero-order valence-corrected chi connectivity index (χ0v) is 20.1. The second-order valence-electron chi connectivity index (χ2n) is 8.43. The Morgan fingerprint density at radius 1 is 1.06 bits per heavy atom. The molecule has 0 atom stereocenters. The lowest BCUT2D eigenvalue weighted by molar-refractivity contribution is -0.384. The van der Waals surface area contributed by atoms with Gasteiger partial charge in [0, 0.05) is 38.8 Å². The molecule has 1 fully saturated rings. The number of non-ortho nitro benzene ring substituents is 1. The fraction of sp³-hybridized carbons (Fsp3) is 0.308. The minimum absolute atomic E-state index is 0.0477. The van der Waals surface area contributed by atoms with Crippen LogP contribution in [0, 0.1) is 10.1 Å². The number of hydrogen-bond acceptors (Lipinski definition) is 8. The molecule has 0 aromatic heterocycles. The van der Waals surface area contributed by atoms with Gasteiger partial charge in [0.15, 0.2) is 6.61 Å². The number of amides is 1. The van der Waals surface area contributed by atoms with E-state index in [0.29, 0.717) is 38.5 Å². The molecule has 0 unspecified atom stereocenters. The van der Waals surface area contributed by atoms with Gasteiger partial charge in [0.1, 0.15) is 5.75 Å². The third kappa shape index (κ3) is 5.72. The molecule has 10 heteroatoms. The van der Waals surface area contributed by atoms with Crippen molar-refractivity contribution in [2.24, 2.45) is 0 Å². The second kappa shape index (κ2) is 11.0. The Morgan fingerprint density at radius 2 is 1.78 bits per heavy atom. The number of nitrogens with zero attached hydrogens (tertiary/aromatic N) is 3. The summed E-state index contributed by atoms with van der Waals surface area (Å²) in [6.45, 7) is 1.89. The molecular weight excluding hydrogens is 466 g/mol. The topological polar surface area (TPSA) is 111 Å². The van der Waals surface area contributed by atoms with E-state index in [1.54, 1.807) is 14.2 Å². The largest absolute Gasteiger partial charge is 0.497 e. The van der Waals surface area contributed by atoms with E-state index in [1.807, 2.05) is 41.3 Å². The van der Waals surface area contributed by atoms with Gasteiger partial charge in [0.25, 0.3) is 11.6 Å². The van der Waals surface area contributed by atoms with Crippen LogP contribution in [-0.4, -0.2) is 68.8 Å². The van der Waals surface area contributed by atoms with Gasteiger partial charge < -0.3 is 24.0 Å². The van der Waals surface area contributed by atoms with E-state index in [1.165, 1.54) is 23.1 Å². The Morgan fingerprint density at radius 3 is 2.50 bits per heavy atom. The monoisotopic (exact) mass is 493 g/mol. The smallest absolute Gasteiger partial charge is 0.341 e. The van der Waals surface area contributed by atoms with Crippen LogP contribution in [0.3, 0.4) is 0 Å². The highest BCUT2D eigenvalue weighted by atomic mass is 16.6. The highest BCUT2D eigenvalue weighted by Gasteiger charge is 2.24. The second-order valence-corrected chi connectivity index (χ2v) is 8.43. The third-order valence-electron chi connectivity index (χ3n) is 6.05. The van der Waals surface area contributed by atoms with E-state index in [4.69, 9.17) is 14.2 Å². The van der Waals surface area contributed by atoms with Crippen LogP contribution in [0.2, 0.25) is 0 Å². The van der Waals surface area contributed by atoms with E-state index < -0.39 is 23.4 Å². The van der Waals surface area contributed by atoms with Gasteiger partial charge in [0.2, 0.25) is 0 Å². The summed E-state index contributed by atoms with van der Waals surface area (Å²) in [6.07, 6.45) is 0. The van der Waals surface area contributed by atoms with Gasteiger partial charge in [-0.25, -0.2) is 4.79 Å². The zero-order valence-electron chi connectivity index (χ0n) is 20.1. The summed E-state index contributed by atoms with van der Waals surface area (Å²) >= 11 is 0. The minimum atomic E-state index is -0.790. The number of likely N-dealkylation sites (N-methyl/N-ethyl adjacent to an activating group) is 1. The van der Waals surface area contributed by atoms with Gasteiger partial charge in [-0.1, -0.05) is 18.2 Å². The molecule has 0 radical (unpaired) electrons. The first kappa shape index (κ1) is 24.9. The molecule has 0 saturated carbocycles. The van der Waals surface area contributed by atoms with E-state index in [2.05, 4.69) is 0 Å². The number of anilines is 1. The first-order chi connectivity index (χ1) is 17.4. The molecule has 0 N–H and O–H groups in total. The molecule has 4 rings (SSSR count). The van der Waals surface area contributed by atoms with Crippen molar-refractivity contribution in [2.75, 3.05) is 52.0 Å². The van der Waals surface area contributed by atoms with E-state index in [-0.39, 0.29) is 11.3 Å². The molecule has 0 spiro atoms. The number of carbonyl (C=O) groups excluding carboxylic acids is 2. The van der Waals surface area contributed by atoms with Crippen molar-refractivity contribution in [3.05, 3.63) is 75.8 Å². The molecule has 1 saturated heterocycles. The van der Waals surface area contributed by atoms with Gasteiger partial charge >= 0.3 is 5.97 Å². The number of carbonyl (C=O) groups is 2. The summed E-state index contributed by atoms with van der Waals surface area (Å²) in [5.74, 6) is -0.414. The molecule has 10 nitrogen and oxygen atoms in total. The molecule has 188 valence electrons. The van der Waals surface area contributed by atoms with Crippen LogP contribution in [0.5, 0.6) is 5.75 Å². The predicted molar refractivity (Wildman–Crippen MR) is 133 cm³/mol. The summed E-state index contributed by atoms with van der Waals surface area (Å²) in [5.41, 5.74) is 1.26. The number of fused-ring (bicyclic) bond motifs is 1. The summed E-state index contributed by atoms with van der Waals surface area (Å²) in [7, 11) is 3.24. The van der Waals surface area contributed by atoms with Gasteiger partial charge in [-0.15, -0.1) is 0 Å². The molecule has 1 amide bonds. The predicted octanol–water partition coefficient (Wildman–Crippen LogP) is 3.41. The number of ether oxygens (including phenoxy) is 3. The number of methoxy groups -OCH3 is 1. The van der Waals surface area contributed by atoms with Crippen molar-refractivity contribution in [3.63, 3.8) is 0 Å². The average molecular weight is 494 g/mol. The lowest BCUT2D eigenvalue weighted by Gasteiger charge is -2.30. The number of rotatable bonds is 8. The molecule has 3 aromatic carbocycles. The Bertz CT molecular complexity index is 1290. The van der Waals surface area contributed by atoms with Crippen molar-refractivity contribution in [3.8, 4) is 5.75 Å². The first-order valence-electron chi connectivity index (χ1n) is 11.4. The van der Waals surface area contributed by atoms with Crippen LogP contribution in [-0.2, 0) is 20.8 Å². The highest BCUT2D eigenvalue weighted by molar-refractivity contribution is 5.98. The Hall–Kier alpha value is -4.18. The fourth-order valence-corrected chi connectivity index (χ4v) is 4.06. The van der Waals surface area contributed by atoms with E-state index in [0.717, 1.165) is 22.1 Å². The number of hydrogen-bond donors (Lipinski definition) is 0. The van der Waals surface area contributed by atoms with Crippen LogP contribution in [0.1, 0.15) is 15.9 Å². The summed E-state index contributed by atoms with van der Waals surface area (Å²) in [5, 5.41) is 13.3. The molecule has 1 aliphatic heterocycles. The van der Waals surface area contributed by atoms with Crippen molar-refractivity contribution in [1.82, 2.24) is 4.90 Å². The standard InChI is InChI=1S/C26H27N3O7/c1-27(16-18-3-4-20-14-22(34-2)7-5-19(20)13-18)25(30)17-36-26(31)23-15-21(29(32)33)6-8-24(23)28-9-11-35-12-10-28/h3-8,13-15H,9-12,16-17H2,1-2H3.